The third kappa shape index (κ3) is 4.42. The monoisotopic (exact) mass is 426 g/mol. The van der Waals surface area contributed by atoms with Gasteiger partial charge in [0.2, 0.25) is 0 Å². The largest absolute Gasteiger partial charge is 0.365 e. The Kier molecular flexibility index (Phi) is 5.82. The summed E-state index contributed by atoms with van der Waals surface area (Å²) < 4.78 is 15.8. The van der Waals surface area contributed by atoms with E-state index in [1.807, 2.05) is 4.57 Å². The summed E-state index contributed by atoms with van der Waals surface area (Å²) in [5, 5.41) is 11.1. The van der Waals surface area contributed by atoms with Crippen LogP contribution in [0.3, 0.4) is 0 Å². The van der Waals surface area contributed by atoms with Crippen molar-refractivity contribution in [1.82, 2.24) is 9.13 Å². The lowest BCUT2D eigenvalue weighted by Crippen LogP contribution is -2.31. The van der Waals surface area contributed by atoms with E-state index in [1.165, 1.54) is 12.1 Å². The van der Waals surface area contributed by atoms with Crippen molar-refractivity contribution in [3.63, 3.8) is 0 Å². The van der Waals surface area contributed by atoms with Crippen LogP contribution in [0.25, 0.3) is 0 Å². The molecular formula is C21H19FN4O5. The zero-order valence-corrected chi connectivity index (χ0v) is 16.8. The van der Waals surface area contributed by atoms with Crippen LogP contribution in [0.15, 0.2) is 47.4 Å². The summed E-state index contributed by atoms with van der Waals surface area (Å²) in [6, 6.07) is 8.42. The van der Waals surface area contributed by atoms with Crippen LogP contribution >= 0.6 is 0 Å². The molecule has 160 valence electrons. The third-order valence-electron chi connectivity index (χ3n) is 4.99. The highest BCUT2D eigenvalue weighted by molar-refractivity contribution is 5.97. The fourth-order valence-corrected chi connectivity index (χ4v) is 3.35. The molecule has 0 fully saturated rings. The Balaban J connectivity index is 1.94. The van der Waals surface area contributed by atoms with Gasteiger partial charge in [-0.1, -0.05) is 12.1 Å². The minimum atomic E-state index is -1.12. The van der Waals surface area contributed by atoms with Gasteiger partial charge in [0.05, 0.1) is 17.7 Å². The number of benzene rings is 1. The molecule has 0 spiro atoms. The number of rotatable bonds is 7. The number of ketones is 1. The Morgan fingerprint density at radius 3 is 2.35 bits per heavy atom. The third-order valence-corrected chi connectivity index (χ3v) is 4.99. The molecule has 0 saturated heterocycles. The number of pyridine rings is 1. The highest BCUT2D eigenvalue weighted by atomic mass is 19.1. The van der Waals surface area contributed by atoms with Gasteiger partial charge in [-0.15, -0.1) is 0 Å². The first kappa shape index (κ1) is 21.6. The average Bonchev–Trinajstić information content (AvgIpc) is 2.99. The van der Waals surface area contributed by atoms with Crippen molar-refractivity contribution < 1.29 is 18.9 Å². The number of primary amides is 1. The number of halogens is 1. The molecule has 0 unspecified atom stereocenters. The van der Waals surface area contributed by atoms with E-state index in [9.17, 15) is 28.9 Å². The van der Waals surface area contributed by atoms with Gasteiger partial charge in [-0.3, -0.25) is 24.5 Å². The van der Waals surface area contributed by atoms with Gasteiger partial charge >= 0.3 is 0 Å². The maximum Gasteiger partial charge on any atom is 0.286 e. The Morgan fingerprint density at radius 2 is 1.77 bits per heavy atom. The predicted molar refractivity (Wildman–Crippen MR) is 110 cm³/mol. The number of nitrogens with zero attached hydrogens (tertiary/aromatic N) is 3. The SMILES string of the molecule is Cc1cc(C(=O)Cn2cc([N+](=O)[O-])cc(C(N)=O)c2=O)c(C)n1Cc1ccc(F)cc1. The molecule has 31 heavy (non-hydrogen) atoms. The summed E-state index contributed by atoms with van der Waals surface area (Å²) in [5.74, 6) is -1.93. The smallest absolute Gasteiger partial charge is 0.286 e. The summed E-state index contributed by atoms with van der Waals surface area (Å²) in [6.45, 7) is 3.45. The summed E-state index contributed by atoms with van der Waals surface area (Å²) >= 11 is 0. The van der Waals surface area contributed by atoms with Crippen LogP contribution < -0.4 is 11.3 Å². The Hall–Kier alpha value is -4.08. The van der Waals surface area contributed by atoms with Gasteiger partial charge in [-0.25, -0.2) is 4.39 Å². The molecule has 2 heterocycles. The van der Waals surface area contributed by atoms with E-state index in [0.717, 1.165) is 28.1 Å². The minimum Gasteiger partial charge on any atom is -0.365 e. The molecule has 0 saturated carbocycles. The number of nitrogens with two attached hydrogens (primary N) is 1. The number of amides is 1. The van der Waals surface area contributed by atoms with Crippen LogP contribution in [0.1, 0.15) is 37.7 Å². The normalized spacial score (nSPS) is 10.8. The Bertz CT molecular complexity index is 1260. The fourth-order valence-electron chi connectivity index (χ4n) is 3.35. The van der Waals surface area contributed by atoms with Crippen LogP contribution in [0.5, 0.6) is 0 Å². The highest BCUT2D eigenvalue weighted by Crippen LogP contribution is 2.19. The number of carbonyl (C=O) groups is 2. The molecule has 2 N–H and O–H groups in total. The van der Waals surface area contributed by atoms with E-state index in [1.54, 1.807) is 32.0 Å². The molecule has 1 aromatic carbocycles. The van der Waals surface area contributed by atoms with Crippen LogP contribution in [0.2, 0.25) is 0 Å². The van der Waals surface area contributed by atoms with Crippen LogP contribution in [0.4, 0.5) is 10.1 Å². The lowest BCUT2D eigenvalue weighted by atomic mass is 10.1. The van der Waals surface area contributed by atoms with Crippen LogP contribution in [-0.2, 0) is 13.1 Å². The molecule has 9 nitrogen and oxygen atoms in total. The molecule has 1 amide bonds. The van der Waals surface area contributed by atoms with E-state index in [2.05, 4.69) is 0 Å². The van der Waals surface area contributed by atoms with Crippen LogP contribution in [0, 0.1) is 29.8 Å². The maximum atomic E-state index is 13.1. The molecule has 3 aromatic rings. The summed E-state index contributed by atoms with van der Waals surface area (Å²) in [6.07, 6.45) is 0.907. The molecule has 0 aliphatic rings. The van der Waals surface area contributed by atoms with E-state index < -0.39 is 40.0 Å². The Morgan fingerprint density at radius 1 is 1.13 bits per heavy atom. The molecular weight excluding hydrogens is 407 g/mol. The van der Waals surface area contributed by atoms with Crippen molar-refractivity contribution in [3.8, 4) is 0 Å². The van der Waals surface area contributed by atoms with Crippen molar-refractivity contribution in [1.29, 1.82) is 0 Å². The molecule has 0 aliphatic heterocycles. The van der Waals surface area contributed by atoms with Gasteiger partial charge in [0.25, 0.3) is 17.2 Å². The lowest BCUT2D eigenvalue weighted by Gasteiger charge is -2.10. The van der Waals surface area contributed by atoms with Crippen LogP contribution in [-0.4, -0.2) is 25.7 Å². The Labute approximate surface area is 175 Å². The van der Waals surface area contributed by atoms with Gasteiger partial charge < -0.3 is 14.9 Å². The van der Waals surface area contributed by atoms with Crippen molar-refractivity contribution >= 4 is 17.4 Å². The van der Waals surface area contributed by atoms with Crippen molar-refractivity contribution in [3.05, 3.63) is 97.0 Å². The van der Waals surface area contributed by atoms with E-state index in [-0.39, 0.29) is 5.82 Å². The number of aryl methyl sites for hydroxylation is 1. The predicted octanol–water partition coefficient (Wildman–Crippen LogP) is 2.34. The second kappa shape index (κ2) is 8.34. The molecule has 0 radical (unpaired) electrons. The minimum absolute atomic E-state index is 0.332. The van der Waals surface area contributed by atoms with E-state index in [4.69, 9.17) is 5.73 Å². The number of carbonyl (C=O) groups excluding carboxylic acids is 2. The van der Waals surface area contributed by atoms with Crippen molar-refractivity contribution in [2.75, 3.05) is 0 Å². The fraction of sp³-hybridized carbons (Fsp3) is 0.190. The molecule has 3 rings (SSSR count). The molecule has 0 bridgehead atoms. The summed E-state index contributed by atoms with van der Waals surface area (Å²) in [4.78, 5) is 47.2. The van der Waals surface area contributed by atoms with Gasteiger partial charge in [0.1, 0.15) is 11.4 Å². The van der Waals surface area contributed by atoms with Gasteiger partial charge in [-0.05, 0) is 37.6 Å². The van der Waals surface area contributed by atoms with E-state index >= 15 is 0 Å². The van der Waals surface area contributed by atoms with Crippen molar-refractivity contribution in [2.45, 2.75) is 26.9 Å². The zero-order chi connectivity index (χ0) is 22.9. The summed E-state index contributed by atoms with van der Waals surface area (Å²) in [7, 11) is 0. The topological polar surface area (TPSA) is 130 Å². The van der Waals surface area contributed by atoms with Gasteiger partial charge in [-0.2, -0.15) is 0 Å². The van der Waals surface area contributed by atoms with Gasteiger partial charge in [0.15, 0.2) is 5.78 Å². The number of aromatic nitrogens is 2. The second-order valence-electron chi connectivity index (χ2n) is 7.09. The van der Waals surface area contributed by atoms with Crippen molar-refractivity contribution in [2.24, 2.45) is 5.73 Å². The first-order valence-corrected chi connectivity index (χ1v) is 9.21. The number of hydrogen-bond donors (Lipinski definition) is 1. The molecule has 0 aliphatic carbocycles. The van der Waals surface area contributed by atoms with Gasteiger partial charge in [0, 0.05) is 29.6 Å². The number of hydrogen-bond acceptors (Lipinski definition) is 5. The standard InChI is InChI=1S/C21H19FN4O5/c1-12-7-17(13(2)25(12)9-14-3-5-15(22)6-4-14)19(27)11-24-10-16(26(30)31)8-18(20(23)28)21(24)29/h3-8,10H,9,11H2,1-2H3,(H2,23,28). The number of nitro groups is 1. The average molecular weight is 426 g/mol. The maximum absolute atomic E-state index is 13.1. The first-order valence-electron chi connectivity index (χ1n) is 9.21. The molecule has 10 heteroatoms. The second-order valence-corrected chi connectivity index (χ2v) is 7.09. The molecule has 2 aromatic heterocycles. The molecule has 0 atom stereocenters. The quantitative estimate of drug-likeness (QED) is 0.352. The number of Topliss-reactive ketones (excluding diaryl/α,β-unsaturated/α-hetero) is 1. The first-order chi connectivity index (χ1) is 14.6. The zero-order valence-electron chi connectivity index (χ0n) is 16.8. The lowest BCUT2D eigenvalue weighted by molar-refractivity contribution is -0.385. The highest BCUT2D eigenvalue weighted by Gasteiger charge is 2.21. The van der Waals surface area contributed by atoms with E-state index in [0.29, 0.717) is 17.8 Å². The summed E-state index contributed by atoms with van der Waals surface area (Å²) in [5.41, 5.74) is 5.73.